The van der Waals surface area contributed by atoms with E-state index in [1.807, 2.05) is 0 Å². The number of aryl methyl sites for hydroxylation is 1. The number of nitrogens with zero attached hydrogens (tertiary/aromatic N) is 1. The van der Waals surface area contributed by atoms with Gasteiger partial charge in [-0.15, -0.1) is 0 Å². The monoisotopic (exact) mass is 345 g/mol. The molecule has 0 fully saturated rings. The van der Waals surface area contributed by atoms with E-state index in [0.29, 0.717) is 0 Å². The van der Waals surface area contributed by atoms with E-state index >= 15 is 0 Å². The summed E-state index contributed by atoms with van der Waals surface area (Å²) >= 11 is 0. The number of rotatable bonds is 3. The Morgan fingerprint density at radius 3 is 2.24 bits per heavy atom. The Balaban J connectivity index is 2.03. The van der Waals surface area contributed by atoms with Gasteiger partial charge < -0.3 is 0 Å². The Kier molecular flexibility index (Phi) is 4.57. The summed E-state index contributed by atoms with van der Waals surface area (Å²) in [5.41, 5.74) is 6.39. The molecule has 0 spiro atoms. The fraction of sp³-hybridized carbons (Fsp3) is 0.217. The molecule has 1 aliphatic rings. The zero-order valence-electron chi connectivity index (χ0n) is 15.9. The van der Waals surface area contributed by atoms with Gasteiger partial charge in [0.2, 0.25) is 0 Å². The van der Waals surface area contributed by atoms with E-state index in [-0.39, 0.29) is 0 Å². The number of hydrogen-bond donors (Lipinski definition) is 0. The summed E-state index contributed by atoms with van der Waals surface area (Å²) in [6, 6.07) is 18.4. The van der Waals surface area contributed by atoms with E-state index in [2.05, 4.69) is 106 Å². The van der Waals surface area contributed by atoms with Crippen molar-refractivity contribution in [3.05, 3.63) is 88.7 Å². The van der Waals surface area contributed by atoms with Crippen molar-refractivity contribution >= 4 is 14.8 Å². The fourth-order valence-electron chi connectivity index (χ4n) is 3.42. The molecule has 1 nitrogen and oxygen atoms in total. The molecule has 0 unspecified atom stereocenters. The van der Waals surface area contributed by atoms with Crippen LogP contribution in [-0.4, -0.2) is 19.4 Å². The highest BCUT2D eigenvalue weighted by atomic mass is 28.3. The molecule has 128 valence electrons. The highest BCUT2D eigenvalue weighted by Crippen LogP contribution is 2.34. The normalized spacial score (nSPS) is 15.1. The average Bonchev–Trinajstić information content (AvgIpc) is 2.57. The molecule has 2 heteroatoms. The van der Waals surface area contributed by atoms with Crippen molar-refractivity contribution in [3.63, 3.8) is 0 Å². The van der Waals surface area contributed by atoms with Crippen molar-refractivity contribution < 1.29 is 4.58 Å². The van der Waals surface area contributed by atoms with Gasteiger partial charge in [0.05, 0.1) is 14.8 Å². The van der Waals surface area contributed by atoms with Crippen LogP contribution in [0.2, 0.25) is 19.6 Å². The molecule has 0 saturated heterocycles. The maximum absolute atomic E-state index is 4.29. The summed E-state index contributed by atoms with van der Waals surface area (Å²) in [5.74, 6) is 0. The summed E-state index contributed by atoms with van der Waals surface area (Å²) in [6.07, 6.45) is 4.54. The molecule has 0 amide bonds. The first-order valence-electron chi connectivity index (χ1n) is 8.81. The minimum Gasteiger partial charge on any atom is -0.255 e. The highest BCUT2D eigenvalue weighted by Gasteiger charge is 2.27. The van der Waals surface area contributed by atoms with Crippen LogP contribution in [0, 0.1) is 13.0 Å². The number of allylic oxidation sites excluding steroid dienone is 2. The molecule has 3 rings (SSSR count). The third kappa shape index (κ3) is 3.54. The van der Waals surface area contributed by atoms with Crippen LogP contribution in [0.3, 0.4) is 0 Å². The summed E-state index contributed by atoms with van der Waals surface area (Å²) in [7, 11) is -1.37. The summed E-state index contributed by atoms with van der Waals surface area (Å²) in [5, 5.41) is 1.48. The van der Waals surface area contributed by atoms with Crippen LogP contribution in [0.15, 0.2) is 71.6 Å². The molecule has 0 bridgehead atoms. The lowest BCUT2D eigenvalue weighted by molar-refractivity contribution is -0.418. The molecule has 2 aromatic carbocycles. The third-order valence-corrected chi connectivity index (χ3v) is 6.94. The van der Waals surface area contributed by atoms with Gasteiger partial charge >= 0.3 is 0 Å². The Bertz CT molecular complexity index is 867. The van der Waals surface area contributed by atoms with Gasteiger partial charge in [-0.3, -0.25) is 4.58 Å². The largest absolute Gasteiger partial charge is 0.255 e. The van der Waals surface area contributed by atoms with Crippen molar-refractivity contribution in [3.8, 4) is 11.1 Å². The smallest absolute Gasteiger partial charge is 0.147 e. The molecule has 0 atom stereocenters. The van der Waals surface area contributed by atoms with Crippen LogP contribution in [0.5, 0.6) is 0 Å². The van der Waals surface area contributed by atoms with E-state index < -0.39 is 8.07 Å². The summed E-state index contributed by atoms with van der Waals surface area (Å²) < 4.78 is 2.05. The van der Waals surface area contributed by atoms with Crippen molar-refractivity contribution in [2.45, 2.75) is 33.5 Å². The predicted molar refractivity (Wildman–Crippen MR) is 112 cm³/mol. The van der Waals surface area contributed by atoms with Crippen LogP contribution >= 0.6 is 0 Å². The first-order chi connectivity index (χ1) is 11.8. The SMILES string of the molecule is C=[N+]1C=C([Si](C)(C)C)C(C)=C[C-]1c1cc(-c2ccccc2)ccc1C. The maximum atomic E-state index is 4.29. The predicted octanol–water partition coefficient (Wildman–Crippen LogP) is 5.98. The first kappa shape index (κ1) is 17.5. The van der Waals surface area contributed by atoms with Crippen molar-refractivity contribution in [2.24, 2.45) is 0 Å². The highest BCUT2D eigenvalue weighted by molar-refractivity contribution is 6.84. The molecule has 0 radical (unpaired) electrons. The summed E-state index contributed by atoms with van der Waals surface area (Å²) in [6.45, 7) is 15.9. The van der Waals surface area contributed by atoms with E-state index in [1.165, 1.54) is 39.1 Å². The minimum absolute atomic E-state index is 1.18. The third-order valence-electron chi connectivity index (χ3n) is 4.80. The number of hydrogen-bond acceptors (Lipinski definition) is 0. The van der Waals surface area contributed by atoms with E-state index in [0.717, 1.165) is 0 Å². The van der Waals surface area contributed by atoms with Crippen LogP contribution < -0.4 is 0 Å². The van der Waals surface area contributed by atoms with Gasteiger partial charge in [0.1, 0.15) is 12.2 Å². The molecule has 2 aromatic rings. The fourth-order valence-corrected chi connectivity index (χ4v) is 5.22. The quantitative estimate of drug-likeness (QED) is 0.366. The van der Waals surface area contributed by atoms with Gasteiger partial charge in [-0.25, -0.2) is 0 Å². The molecule has 1 heterocycles. The zero-order valence-corrected chi connectivity index (χ0v) is 16.9. The molecule has 0 aromatic heterocycles. The lowest BCUT2D eigenvalue weighted by Crippen LogP contribution is -2.29. The van der Waals surface area contributed by atoms with Crippen molar-refractivity contribution in [1.82, 2.24) is 0 Å². The van der Waals surface area contributed by atoms with Gasteiger partial charge in [-0.1, -0.05) is 93.2 Å². The topological polar surface area (TPSA) is 3.01 Å². The van der Waals surface area contributed by atoms with E-state index in [9.17, 15) is 0 Å². The Hall–Kier alpha value is -2.32. The summed E-state index contributed by atoms with van der Waals surface area (Å²) in [4.78, 5) is 0. The van der Waals surface area contributed by atoms with Gasteiger partial charge in [0.25, 0.3) is 0 Å². The second-order valence-electron chi connectivity index (χ2n) is 7.87. The first-order valence-corrected chi connectivity index (χ1v) is 12.3. The molecule has 0 N–H and O–H groups in total. The maximum Gasteiger partial charge on any atom is 0.147 e. The molecular formula is C23H27NSi. The van der Waals surface area contributed by atoms with Gasteiger partial charge in [-0.05, 0) is 28.0 Å². The van der Waals surface area contributed by atoms with Crippen LogP contribution in [0.25, 0.3) is 11.1 Å². The molecular weight excluding hydrogens is 318 g/mol. The molecule has 25 heavy (non-hydrogen) atoms. The standard InChI is InChI=1S/C23H27NSi/c1-17-12-13-20(19-10-8-7-9-11-19)15-21(17)22-14-18(2)23(16-24(22)3)25(4,5)6/h7-16H,3H2,1-2,4-6H3. The Morgan fingerprint density at radius 1 is 0.920 bits per heavy atom. The average molecular weight is 346 g/mol. The Labute approximate surface area is 153 Å². The van der Waals surface area contributed by atoms with Gasteiger partial charge in [0.15, 0.2) is 0 Å². The zero-order chi connectivity index (χ0) is 18.2. The second kappa shape index (κ2) is 6.53. The lowest BCUT2D eigenvalue weighted by Gasteiger charge is -2.30. The molecule has 0 aliphatic carbocycles. The van der Waals surface area contributed by atoms with Crippen LogP contribution in [0.1, 0.15) is 18.1 Å². The second-order valence-corrected chi connectivity index (χ2v) is 12.9. The van der Waals surface area contributed by atoms with E-state index in [4.69, 9.17) is 0 Å². The lowest BCUT2D eigenvalue weighted by atomic mass is 9.93. The van der Waals surface area contributed by atoms with Crippen LogP contribution in [0.4, 0.5) is 0 Å². The minimum atomic E-state index is -1.37. The molecule has 0 saturated carbocycles. The Morgan fingerprint density at radius 2 is 1.60 bits per heavy atom. The van der Waals surface area contributed by atoms with E-state index in [1.54, 1.807) is 0 Å². The number of benzene rings is 2. The van der Waals surface area contributed by atoms with Crippen molar-refractivity contribution in [1.29, 1.82) is 0 Å². The van der Waals surface area contributed by atoms with Crippen LogP contribution in [-0.2, 0) is 0 Å². The molecule has 1 aliphatic heterocycles. The van der Waals surface area contributed by atoms with Gasteiger partial charge in [-0.2, -0.15) is 0 Å². The van der Waals surface area contributed by atoms with Gasteiger partial charge in [0, 0.05) is 0 Å². The van der Waals surface area contributed by atoms with Crippen molar-refractivity contribution in [2.75, 3.05) is 0 Å².